The van der Waals surface area contributed by atoms with Gasteiger partial charge in [-0.15, -0.1) is 0 Å². The normalized spacial score (nSPS) is 14.7. The van der Waals surface area contributed by atoms with Gasteiger partial charge in [0.05, 0.1) is 6.20 Å². The molecule has 3 rings (SSSR count). The average molecular weight is 245 g/mol. The number of rotatable bonds is 4. The number of aromatic amines is 1. The van der Waals surface area contributed by atoms with E-state index in [-0.39, 0.29) is 5.56 Å². The summed E-state index contributed by atoms with van der Waals surface area (Å²) in [6.07, 6.45) is 5.97. The maximum atomic E-state index is 11.5. The molecular formula is C12H15N5O. The van der Waals surface area contributed by atoms with Crippen LogP contribution in [0, 0.1) is 0 Å². The number of anilines is 1. The minimum atomic E-state index is -0.0967. The molecule has 0 atom stereocenters. The molecule has 2 aromatic heterocycles. The van der Waals surface area contributed by atoms with E-state index < -0.39 is 0 Å². The van der Waals surface area contributed by atoms with E-state index in [1.807, 2.05) is 13.2 Å². The van der Waals surface area contributed by atoms with Crippen LogP contribution < -0.4 is 10.9 Å². The molecule has 0 spiro atoms. The molecular weight excluding hydrogens is 230 g/mol. The lowest BCUT2D eigenvalue weighted by Crippen LogP contribution is -2.13. The number of nitrogens with zero attached hydrogens (tertiary/aromatic N) is 3. The van der Waals surface area contributed by atoms with Crippen molar-refractivity contribution in [1.29, 1.82) is 0 Å². The highest BCUT2D eigenvalue weighted by Gasteiger charge is 2.26. The first-order valence-electron chi connectivity index (χ1n) is 6.03. The zero-order valence-corrected chi connectivity index (χ0v) is 10.2. The van der Waals surface area contributed by atoms with E-state index in [1.165, 1.54) is 6.07 Å². The van der Waals surface area contributed by atoms with E-state index in [0.29, 0.717) is 18.3 Å². The maximum absolute atomic E-state index is 11.5. The summed E-state index contributed by atoms with van der Waals surface area (Å²) in [6, 6.07) is 1.49. The molecule has 2 aromatic rings. The molecule has 0 saturated heterocycles. The van der Waals surface area contributed by atoms with Crippen LogP contribution in [0.15, 0.2) is 23.3 Å². The molecule has 1 fully saturated rings. The second-order valence-corrected chi connectivity index (χ2v) is 4.67. The number of aryl methyl sites for hydroxylation is 1. The predicted molar refractivity (Wildman–Crippen MR) is 67.4 cm³/mol. The second kappa shape index (κ2) is 4.29. The summed E-state index contributed by atoms with van der Waals surface area (Å²) < 4.78 is 1.75. The molecule has 1 aliphatic rings. The summed E-state index contributed by atoms with van der Waals surface area (Å²) in [7, 11) is 1.88. The van der Waals surface area contributed by atoms with Crippen LogP contribution in [0.2, 0.25) is 0 Å². The predicted octanol–water partition coefficient (Wildman–Crippen LogP) is 0.993. The summed E-state index contributed by atoms with van der Waals surface area (Å²) in [4.78, 5) is 18.7. The Balaban J connectivity index is 1.73. The molecule has 2 N–H and O–H groups in total. The van der Waals surface area contributed by atoms with Gasteiger partial charge in [-0.05, 0) is 12.8 Å². The highest BCUT2D eigenvalue weighted by Crippen LogP contribution is 2.37. The Morgan fingerprint density at radius 3 is 3.06 bits per heavy atom. The smallest absolute Gasteiger partial charge is 0.252 e. The fraction of sp³-hybridized carbons (Fsp3) is 0.417. The van der Waals surface area contributed by atoms with Gasteiger partial charge < -0.3 is 10.3 Å². The van der Waals surface area contributed by atoms with Gasteiger partial charge in [0.15, 0.2) is 0 Å². The Morgan fingerprint density at radius 2 is 2.39 bits per heavy atom. The molecule has 94 valence electrons. The first kappa shape index (κ1) is 11.0. The lowest BCUT2D eigenvalue weighted by atomic mass is 10.3. The molecule has 0 unspecified atom stereocenters. The molecule has 1 aliphatic carbocycles. The Morgan fingerprint density at radius 1 is 1.56 bits per heavy atom. The molecule has 2 heterocycles. The van der Waals surface area contributed by atoms with Crippen molar-refractivity contribution in [3.05, 3.63) is 40.2 Å². The first-order chi connectivity index (χ1) is 8.70. The third kappa shape index (κ3) is 2.42. The van der Waals surface area contributed by atoms with E-state index in [0.717, 1.165) is 24.2 Å². The fourth-order valence-electron chi connectivity index (χ4n) is 1.87. The van der Waals surface area contributed by atoms with Gasteiger partial charge in [-0.25, -0.2) is 4.98 Å². The quantitative estimate of drug-likeness (QED) is 0.842. The van der Waals surface area contributed by atoms with Gasteiger partial charge >= 0.3 is 0 Å². The molecule has 0 bridgehead atoms. The van der Waals surface area contributed by atoms with Crippen LogP contribution in [0.25, 0.3) is 0 Å². The number of hydrogen-bond donors (Lipinski definition) is 2. The van der Waals surface area contributed by atoms with Crippen molar-refractivity contribution in [2.75, 3.05) is 5.32 Å². The minimum Gasteiger partial charge on any atom is -0.366 e. The third-order valence-electron chi connectivity index (χ3n) is 2.96. The fourth-order valence-corrected chi connectivity index (χ4v) is 1.87. The van der Waals surface area contributed by atoms with Crippen LogP contribution in [0.5, 0.6) is 0 Å². The summed E-state index contributed by atoms with van der Waals surface area (Å²) in [6.45, 7) is 0.619. The number of nitrogens with one attached hydrogen (secondary N) is 2. The van der Waals surface area contributed by atoms with Gasteiger partial charge in [0, 0.05) is 37.3 Å². The van der Waals surface area contributed by atoms with Gasteiger partial charge in [-0.1, -0.05) is 0 Å². The van der Waals surface area contributed by atoms with Gasteiger partial charge in [0.2, 0.25) is 0 Å². The second-order valence-electron chi connectivity index (χ2n) is 4.67. The molecule has 18 heavy (non-hydrogen) atoms. The van der Waals surface area contributed by atoms with Crippen LogP contribution in [0.4, 0.5) is 5.82 Å². The minimum absolute atomic E-state index is 0.0967. The summed E-state index contributed by atoms with van der Waals surface area (Å²) in [5, 5.41) is 7.24. The van der Waals surface area contributed by atoms with Crippen molar-refractivity contribution in [2.45, 2.75) is 25.3 Å². The third-order valence-corrected chi connectivity index (χ3v) is 2.96. The molecule has 6 heteroatoms. The highest BCUT2D eigenvalue weighted by molar-refractivity contribution is 5.34. The van der Waals surface area contributed by atoms with Crippen molar-refractivity contribution in [2.24, 2.45) is 7.05 Å². The van der Waals surface area contributed by atoms with Gasteiger partial charge in [-0.3, -0.25) is 9.48 Å². The standard InChI is InChI=1S/C12H15N5O/c1-17-7-8(6-14-17)5-13-10-4-11(18)16-12(15-10)9-2-3-9/h4,6-7,9H,2-3,5H2,1H3,(H2,13,15,16,18). The lowest BCUT2D eigenvalue weighted by Gasteiger charge is -2.05. The van der Waals surface area contributed by atoms with Crippen LogP contribution >= 0.6 is 0 Å². The van der Waals surface area contributed by atoms with Crippen LogP contribution in [-0.4, -0.2) is 19.7 Å². The summed E-state index contributed by atoms with van der Waals surface area (Å²) in [5.41, 5.74) is 0.966. The van der Waals surface area contributed by atoms with E-state index in [1.54, 1.807) is 10.9 Å². The molecule has 0 amide bonds. The van der Waals surface area contributed by atoms with Crippen molar-refractivity contribution in [1.82, 2.24) is 19.7 Å². The van der Waals surface area contributed by atoms with E-state index >= 15 is 0 Å². The molecule has 6 nitrogen and oxygen atoms in total. The highest BCUT2D eigenvalue weighted by atomic mass is 16.1. The Kier molecular flexibility index (Phi) is 2.62. The number of H-pyrrole nitrogens is 1. The zero-order chi connectivity index (χ0) is 12.5. The lowest BCUT2D eigenvalue weighted by molar-refractivity contribution is 0.767. The van der Waals surface area contributed by atoms with Gasteiger partial charge in [0.1, 0.15) is 11.6 Å². The number of aromatic nitrogens is 4. The molecule has 1 saturated carbocycles. The van der Waals surface area contributed by atoms with Crippen LogP contribution in [0.3, 0.4) is 0 Å². The molecule has 0 aliphatic heterocycles. The van der Waals surface area contributed by atoms with Crippen molar-refractivity contribution in [3.8, 4) is 0 Å². The average Bonchev–Trinajstić information content (AvgIpc) is 3.10. The van der Waals surface area contributed by atoms with E-state index in [9.17, 15) is 4.79 Å². The largest absolute Gasteiger partial charge is 0.366 e. The summed E-state index contributed by atoms with van der Waals surface area (Å²) in [5.74, 6) is 1.87. The zero-order valence-electron chi connectivity index (χ0n) is 10.2. The van der Waals surface area contributed by atoms with E-state index in [2.05, 4.69) is 20.4 Å². The van der Waals surface area contributed by atoms with Crippen LogP contribution in [0.1, 0.15) is 30.1 Å². The van der Waals surface area contributed by atoms with Crippen molar-refractivity contribution in [3.63, 3.8) is 0 Å². The topological polar surface area (TPSA) is 75.6 Å². The first-order valence-corrected chi connectivity index (χ1v) is 6.03. The van der Waals surface area contributed by atoms with Crippen LogP contribution in [-0.2, 0) is 13.6 Å². The SMILES string of the molecule is Cn1cc(CNc2cc(=O)[nH]c(C3CC3)n2)cn1. The Bertz CT molecular complexity index is 611. The Hall–Kier alpha value is -2.11. The van der Waals surface area contributed by atoms with Crippen molar-refractivity contribution < 1.29 is 0 Å². The monoisotopic (exact) mass is 245 g/mol. The van der Waals surface area contributed by atoms with E-state index in [4.69, 9.17) is 0 Å². The van der Waals surface area contributed by atoms with Gasteiger partial charge in [0.25, 0.3) is 5.56 Å². The Labute approximate surface area is 104 Å². The van der Waals surface area contributed by atoms with Crippen molar-refractivity contribution >= 4 is 5.82 Å². The molecule has 0 aromatic carbocycles. The molecule has 0 radical (unpaired) electrons. The summed E-state index contributed by atoms with van der Waals surface area (Å²) >= 11 is 0. The maximum Gasteiger partial charge on any atom is 0.252 e. The number of hydrogen-bond acceptors (Lipinski definition) is 4. The van der Waals surface area contributed by atoms with Gasteiger partial charge in [-0.2, -0.15) is 5.10 Å².